The van der Waals surface area contributed by atoms with Crippen molar-refractivity contribution in [1.29, 1.82) is 5.26 Å². The maximum absolute atomic E-state index is 8.93. The summed E-state index contributed by atoms with van der Waals surface area (Å²) in [7, 11) is 0. The van der Waals surface area contributed by atoms with E-state index in [1.54, 1.807) is 12.1 Å². The first-order valence-electron chi connectivity index (χ1n) is 6.28. The minimum Gasteiger partial charge on any atom is -0.330 e. The summed E-state index contributed by atoms with van der Waals surface area (Å²) in [6.45, 7) is 0.484. The van der Waals surface area contributed by atoms with Crippen molar-refractivity contribution in [1.82, 2.24) is 0 Å². The molecule has 1 unspecified atom stereocenters. The van der Waals surface area contributed by atoms with Gasteiger partial charge in [0.2, 0.25) is 0 Å². The molecule has 0 saturated carbocycles. The summed E-state index contributed by atoms with van der Waals surface area (Å²) in [5, 5.41) is 10.2. The van der Waals surface area contributed by atoms with Gasteiger partial charge in [0.05, 0.1) is 11.6 Å². The zero-order valence-corrected chi connectivity index (χ0v) is 12.3. The Hall–Kier alpha value is -1.53. The Morgan fingerprint density at radius 1 is 1.15 bits per heavy atom. The molecular formula is C16H14Cl2N2. The maximum atomic E-state index is 8.93. The van der Waals surface area contributed by atoms with Crippen molar-refractivity contribution in [2.24, 2.45) is 5.73 Å². The number of nitrogens with two attached hydrogens (primary N) is 1. The smallest absolute Gasteiger partial charge is 0.0991 e. The van der Waals surface area contributed by atoms with E-state index in [-0.39, 0.29) is 5.92 Å². The van der Waals surface area contributed by atoms with Crippen LogP contribution in [0.1, 0.15) is 22.6 Å². The van der Waals surface area contributed by atoms with Crippen LogP contribution in [0.15, 0.2) is 42.5 Å². The average molecular weight is 305 g/mol. The molecular weight excluding hydrogens is 291 g/mol. The van der Waals surface area contributed by atoms with Crippen molar-refractivity contribution in [3.05, 3.63) is 69.2 Å². The second-order valence-corrected chi connectivity index (χ2v) is 5.46. The molecule has 1 atom stereocenters. The third-order valence-electron chi connectivity index (χ3n) is 3.23. The largest absolute Gasteiger partial charge is 0.330 e. The molecule has 2 aromatic rings. The van der Waals surface area contributed by atoms with Crippen LogP contribution in [0, 0.1) is 11.3 Å². The molecule has 0 radical (unpaired) electrons. The van der Waals surface area contributed by atoms with Gasteiger partial charge in [-0.1, -0.05) is 41.4 Å². The summed E-state index contributed by atoms with van der Waals surface area (Å²) in [5.41, 5.74) is 8.59. The Bertz CT molecular complexity index is 647. The molecule has 2 N–H and O–H groups in total. The van der Waals surface area contributed by atoms with E-state index < -0.39 is 0 Å². The molecule has 20 heavy (non-hydrogen) atoms. The standard InChI is InChI=1S/C16H14Cl2N2/c17-14-4-5-15(16(18)8-14)13(10-20)7-11-2-1-3-12(6-11)9-19/h1-6,8,13H,7,10,20H2. The van der Waals surface area contributed by atoms with E-state index in [4.69, 9.17) is 34.2 Å². The lowest BCUT2D eigenvalue weighted by molar-refractivity contribution is 0.694. The van der Waals surface area contributed by atoms with Crippen LogP contribution >= 0.6 is 23.2 Å². The maximum Gasteiger partial charge on any atom is 0.0991 e. The van der Waals surface area contributed by atoms with E-state index in [1.165, 1.54) is 0 Å². The SMILES string of the molecule is N#Cc1cccc(CC(CN)c2ccc(Cl)cc2Cl)c1. The van der Waals surface area contributed by atoms with E-state index in [0.717, 1.165) is 17.5 Å². The van der Waals surface area contributed by atoms with Crippen LogP contribution in [-0.2, 0) is 6.42 Å². The Morgan fingerprint density at radius 2 is 1.95 bits per heavy atom. The molecule has 2 aromatic carbocycles. The van der Waals surface area contributed by atoms with Gasteiger partial charge in [-0.05, 0) is 48.4 Å². The van der Waals surface area contributed by atoms with Gasteiger partial charge in [0.25, 0.3) is 0 Å². The number of nitrogens with zero attached hydrogens (tertiary/aromatic N) is 1. The van der Waals surface area contributed by atoms with Gasteiger partial charge in [0, 0.05) is 16.0 Å². The molecule has 0 saturated heterocycles. The van der Waals surface area contributed by atoms with Gasteiger partial charge < -0.3 is 5.73 Å². The fourth-order valence-corrected chi connectivity index (χ4v) is 2.77. The molecule has 0 spiro atoms. The monoisotopic (exact) mass is 304 g/mol. The minimum absolute atomic E-state index is 0.105. The first-order chi connectivity index (χ1) is 9.63. The fraction of sp³-hybridized carbons (Fsp3) is 0.188. The van der Waals surface area contributed by atoms with Crippen molar-refractivity contribution in [2.75, 3.05) is 6.54 Å². The molecule has 0 bridgehead atoms. The van der Waals surface area contributed by atoms with Crippen molar-refractivity contribution in [2.45, 2.75) is 12.3 Å². The molecule has 2 nitrogen and oxygen atoms in total. The number of benzene rings is 2. The summed E-state index contributed by atoms with van der Waals surface area (Å²) in [6, 6.07) is 15.1. The van der Waals surface area contributed by atoms with E-state index in [2.05, 4.69) is 6.07 Å². The van der Waals surface area contributed by atoms with Crippen molar-refractivity contribution < 1.29 is 0 Å². The van der Waals surface area contributed by atoms with E-state index in [9.17, 15) is 0 Å². The number of halogens is 2. The molecule has 0 amide bonds. The number of nitriles is 1. The molecule has 0 aliphatic carbocycles. The van der Waals surface area contributed by atoms with Gasteiger partial charge >= 0.3 is 0 Å². The van der Waals surface area contributed by atoms with Crippen LogP contribution in [0.25, 0.3) is 0 Å². The number of hydrogen-bond donors (Lipinski definition) is 1. The Morgan fingerprint density at radius 3 is 2.60 bits per heavy atom. The Labute approximate surface area is 128 Å². The second-order valence-electron chi connectivity index (χ2n) is 4.61. The third-order valence-corrected chi connectivity index (χ3v) is 3.79. The van der Waals surface area contributed by atoms with Gasteiger partial charge in [0.1, 0.15) is 0 Å². The van der Waals surface area contributed by atoms with Crippen LogP contribution in [0.2, 0.25) is 10.0 Å². The number of hydrogen-bond acceptors (Lipinski definition) is 2. The van der Waals surface area contributed by atoms with Gasteiger partial charge in [0.15, 0.2) is 0 Å². The lowest BCUT2D eigenvalue weighted by Gasteiger charge is -2.17. The van der Waals surface area contributed by atoms with Gasteiger partial charge in [-0.15, -0.1) is 0 Å². The average Bonchev–Trinajstić information content (AvgIpc) is 2.45. The van der Waals surface area contributed by atoms with E-state index in [0.29, 0.717) is 22.2 Å². The lowest BCUT2D eigenvalue weighted by atomic mass is 9.91. The summed E-state index contributed by atoms with van der Waals surface area (Å²) in [6.07, 6.45) is 0.743. The zero-order valence-electron chi connectivity index (χ0n) is 10.8. The van der Waals surface area contributed by atoms with Crippen molar-refractivity contribution in [3.63, 3.8) is 0 Å². The minimum atomic E-state index is 0.105. The highest BCUT2D eigenvalue weighted by Gasteiger charge is 2.14. The second kappa shape index (κ2) is 6.76. The molecule has 0 aliphatic rings. The van der Waals surface area contributed by atoms with Gasteiger partial charge in [-0.3, -0.25) is 0 Å². The highest BCUT2D eigenvalue weighted by Crippen LogP contribution is 2.29. The van der Waals surface area contributed by atoms with Crippen LogP contribution < -0.4 is 5.73 Å². The fourth-order valence-electron chi connectivity index (χ4n) is 2.21. The highest BCUT2D eigenvalue weighted by molar-refractivity contribution is 6.35. The lowest BCUT2D eigenvalue weighted by Crippen LogP contribution is -2.15. The quantitative estimate of drug-likeness (QED) is 0.922. The predicted octanol–water partition coefficient (Wildman–Crippen LogP) is 4.15. The molecule has 0 aliphatic heterocycles. The van der Waals surface area contributed by atoms with Crippen LogP contribution in [0.3, 0.4) is 0 Å². The van der Waals surface area contributed by atoms with E-state index in [1.807, 2.05) is 30.3 Å². The molecule has 0 heterocycles. The van der Waals surface area contributed by atoms with Crippen LogP contribution in [0.5, 0.6) is 0 Å². The third kappa shape index (κ3) is 3.52. The zero-order chi connectivity index (χ0) is 14.5. The predicted molar refractivity (Wildman–Crippen MR) is 83.1 cm³/mol. The summed E-state index contributed by atoms with van der Waals surface area (Å²) in [4.78, 5) is 0. The summed E-state index contributed by atoms with van der Waals surface area (Å²) < 4.78 is 0. The summed E-state index contributed by atoms with van der Waals surface area (Å²) >= 11 is 12.1. The van der Waals surface area contributed by atoms with Crippen molar-refractivity contribution in [3.8, 4) is 6.07 Å². The first kappa shape index (κ1) is 14.9. The Balaban J connectivity index is 2.26. The number of rotatable bonds is 4. The molecule has 2 rings (SSSR count). The summed E-state index contributed by atoms with van der Waals surface area (Å²) in [5.74, 6) is 0.105. The Kier molecular flexibility index (Phi) is 5.03. The van der Waals surface area contributed by atoms with E-state index >= 15 is 0 Å². The molecule has 4 heteroatoms. The van der Waals surface area contributed by atoms with Crippen LogP contribution in [-0.4, -0.2) is 6.54 Å². The van der Waals surface area contributed by atoms with Gasteiger partial charge in [-0.2, -0.15) is 5.26 Å². The van der Waals surface area contributed by atoms with Crippen LogP contribution in [0.4, 0.5) is 0 Å². The molecule has 102 valence electrons. The van der Waals surface area contributed by atoms with Crippen molar-refractivity contribution >= 4 is 23.2 Å². The topological polar surface area (TPSA) is 49.8 Å². The normalized spacial score (nSPS) is 11.9. The van der Waals surface area contributed by atoms with Gasteiger partial charge in [-0.25, -0.2) is 0 Å². The molecule has 0 fully saturated rings. The first-order valence-corrected chi connectivity index (χ1v) is 7.03. The molecule has 0 aromatic heterocycles. The highest BCUT2D eigenvalue weighted by atomic mass is 35.5.